The summed E-state index contributed by atoms with van der Waals surface area (Å²) in [6.07, 6.45) is 1.74. The van der Waals surface area contributed by atoms with Gasteiger partial charge in [-0.1, -0.05) is 13.8 Å². The predicted octanol–water partition coefficient (Wildman–Crippen LogP) is 0.757. The fraction of sp³-hybridized carbons (Fsp3) is 1.00. The van der Waals surface area contributed by atoms with E-state index in [0.717, 1.165) is 25.9 Å². The number of nitrogens with one attached hydrogen (secondary N) is 1. The van der Waals surface area contributed by atoms with Crippen molar-refractivity contribution >= 4 is 0 Å². The molecule has 2 nitrogen and oxygen atoms in total. The van der Waals surface area contributed by atoms with Crippen LogP contribution in [0.1, 0.15) is 26.7 Å². The average Bonchev–Trinajstić information content (AvgIpc) is 1.90. The van der Waals surface area contributed by atoms with E-state index in [0.29, 0.717) is 0 Å². The molecule has 10 heavy (non-hydrogen) atoms. The molecule has 1 fully saturated rings. The number of hydrogen-bond acceptors (Lipinski definition) is 2. The smallest absolute Gasteiger partial charge is 0.0557 e. The minimum absolute atomic E-state index is 0.0926. The van der Waals surface area contributed by atoms with Crippen LogP contribution in [0.25, 0.3) is 0 Å². The first-order valence-corrected chi connectivity index (χ1v) is 3.99. The van der Waals surface area contributed by atoms with Crippen molar-refractivity contribution in [3.05, 3.63) is 0 Å². The lowest BCUT2D eigenvalue weighted by molar-refractivity contribution is 0.123. The Balaban J connectivity index is 2.46. The molecule has 0 radical (unpaired) electrons. The van der Waals surface area contributed by atoms with Crippen molar-refractivity contribution in [2.45, 2.75) is 32.8 Å². The lowest BCUT2D eigenvalue weighted by Gasteiger charge is -2.23. The van der Waals surface area contributed by atoms with E-state index in [1.54, 1.807) is 0 Å². The monoisotopic (exact) mass is 143 g/mol. The molecule has 0 aliphatic carbocycles. The van der Waals surface area contributed by atoms with E-state index in [9.17, 15) is 5.11 Å². The van der Waals surface area contributed by atoms with Crippen LogP contribution in [0.15, 0.2) is 0 Å². The number of rotatable bonds is 0. The molecule has 0 saturated carbocycles. The second-order valence-corrected chi connectivity index (χ2v) is 3.99. The molecule has 60 valence electrons. The number of hydrogen-bond donors (Lipinski definition) is 2. The summed E-state index contributed by atoms with van der Waals surface area (Å²) in [7, 11) is 0. The minimum atomic E-state index is -0.0926. The lowest BCUT2D eigenvalue weighted by atomic mass is 9.87. The standard InChI is InChI=1S/C8H17NO/c1-8(2)5-7(10)3-4-9-6-8/h7,9-10H,3-6H2,1-2H3. The third-order valence-electron chi connectivity index (χ3n) is 2.05. The largest absolute Gasteiger partial charge is 0.393 e. The summed E-state index contributed by atoms with van der Waals surface area (Å²) >= 11 is 0. The van der Waals surface area contributed by atoms with E-state index in [2.05, 4.69) is 19.2 Å². The first-order chi connectivity index (χ1) is 4.60. The molecule has 1 heterocycles. The van der Waals surface area contributed by atoms with E-state index in [1.165, 1.54) is 0 Å². The van der Waals surface area contributed by atoms with Gasteiger partial charge in [0.2, 0.25) is 0 Å². The zero-order chi connectivity index (χ0) is 7.61. The van der Waals surface area contributed by atoms with Gasteiger partial charge < -0.3 is 10.4 Å². The maximum atomic E-state index is 9.38. The summed E-state index contributed by atoms with van der Waals surface area (Å²) < 4.78 is 0. The first kappa shape index (κ1) is 8.02. The molecular formula is C8H17NO. The molecule has 1 aliphatic heterocycles. The van der Waals surface area contributed by atoms with Gasteiger partial charge >= 0.3 is 0 Å². The zero-order valence-corrected chi connectivity index (χ0v) is 6.85. The van der Waals surface area contributed by atoms with Crippen molar-refractivity contribution in [2.75, 3.05) is 13.1 Å². The molecule has 0 aromatic rings. The minimum Gasteiger partial charge on any atom is -0.393 e. The Hall–Kier alpha value is -0.0800. The highest BCUT2D eigenvalue weighted by molar-refractivity contribution is 4.79. The van der Waals surface area contributed by atoms with E-state index in [4.69, 9.17) is 0 Å². The van der Waals surface area contributed by atoms with Crippen LogP contribution in [0.4, 0.5) is 0 Å². The second-order valence-electron chi connectivity index (χ2n) is 3.99. The quantitative estimate of drug-likeness (QED) is 0.524. The molecule has 0 bridgehead atoms. The Bertz CT molecular complexity index is 112. The normalized spacial score (nSPS) is 33.3. The predicted molar refractivity (Wildman–Crippen MR) is 41.9 cm³/mol. The molecule has 2 N–H and O–H groups in total. The van der Waals surface area contributed by atoms with Gasteiger partial charge in [0, 0.05) is 6.54 Å². The highest BCUT2D eigenvalue weighted by atomic mass is 16.3. The molecule has 1 rings (SSSR count). The van der Waals surface area contributed by atoms with Gasteiger partial charge in [0.05, 0.1) is 6.10 Å². The molecule has 0 aromatic heterocycles. The fourth-order valence-corrected chi connectivity index (χ4v) is 1.51. The molecule has 1 aliphatic rings. The summed E-state index contributed by atoms with van der Waals surface area (Å²) in [6.45, 7) is 6.37. The summed E-state index contributed by atoms with van der Waals surface area (Å²) in [5.74, 6) is 0. The van der Waals surface area contributed by atoms with Crippen LogP contribution < -0.4 is 5.32 Å². The van der Waals surface area contributed by atoms with Crippen molar-refractivity contribution < 1.29 is 5.11 Å². The van der Waals surface area contributed by atoms with Crippen LogP contribution >= 0.6 is 0 Å². The Labute approximate surface area is 62.6 Å². The van der Waals surface area contributed by atoms with Gasteiger partial charge in [0.25, 0.3) is 0 Å². The Morgan fingerprint density at radius 3 is 2.90 bits per heavy atom. The molecule has 1 saturated heterocycles. The van der Waals surface area contributed by atoms with Crippen LogP contribution in [0, 0.1) is 5.41 Å². The van der Waals surface area contributed by atoms with Gasteiger partial charge in [0.1, 0.15) is 0 Å². The molecular weight excluding hydrogens is 126 g/mol. The van der Waals surface area contributed by atoms with Gasteiger partial charge in [0.15, 0.2) is 0 Å². The molecule has 0 amide bonds. The third kappa shape index (κ3) is 2.27. The Morgan fingerprint density at radius 2 is 2.20 bits per heavy atom. The van der Waals surface area contributed by atoms with E-state index in [1.807, 2.05) is 0 Å². The van der Waals surface area contributed by atoms with Crippen molar-refractivity contribution in [3.8, 4) is 0 Å². The second kappa shape index (κ2) is 2.89. The zero-order valence-electron chi connectivity index (χ0n) is 6.85. The van der Waals surface area contributed by atoms with Gasteiger partial charge in [-0.15, -0.1) is 0 Å². The first-order valence-electron chi connectivity index (χ1n) is 3.99. The molecule has 0 aromatic carbocycles. The van der Waals surface area contributed by atoms with E-state index < -0.39 is 0 Å². The fourth-order valence-electron chi connectivity index (χ4n) is 1.51. The summed E-state index contributed by atoms with van der Waals surface area (Å²) in [4.78, 5) is 0. The van der Waals surface area contributed by atoms with Crippen LogP contribution in [-0.4, -0.2) is 24.3 Å². The van der Waals surface area contributed by atoms with E-state index in [-0.39, 0.29) is 11.5 Å². The van der Waals surface area contributed by atoms with Gasteiger partial charge in [-0.25, -0.2) is 0 Å². The van der Waals surface area contributed by atoms with Gasteiger partial charge in [-0.2, -0.15) is 0 Å². The average molecular weight is 143 g/mol. The Kier molecular flexibility index (Phi) is 2.32. The van der Waals surface area contributed by atoms with Crippen molar-refractivity contribution in [1.82, 2.24) is 5.32 Å². The van der Waals surface area contributed by atoms with Crippen LogP contribution in [-0.2, 0) is 0 Å². The highest BCUT2D eigenvalue weighted by Gasteiger charge is 2.24. The molecule has 2 heteroatoms. The van der Waals surface area contributed by atoms with E-state index >= 15 is 0 Å². The Morgan fingerprint density at radius 1 is 1.50 bits per heavy atom. The maximum absolute atomic E-state index is 9.38. The van der Waals surface area contributed by atoms with Crippen molar-refractivity contribution in [2.24, 2.45) is 5.41 Å². The van der Waals surface area contributed by atoms with Gasteiger partial charge in [-0.05, 0) is 24.8 Å². The van der Waals surface area contributed by atoms with Gasteiger partial charge in [-0.3, -0.25) is 0 Å². The highest BCUT2D eigenvalue weighted by Crippen LogP contribution is 2.24. The van der Waals surface area contributed by atoms with Crippen LogP contribution in [0.5, 0.6) is 0 Å². The maximum Gasteiger partial charge on any atom is 0.0557 e. The summed E-state index contributed by atoms with van der Waals surface area (Å²) in [5, 5.41) is 12.7. The van der Waals surface area contributed by atoms with Crippen LogP contribution in [0.3, 0.4) is 0 Å². The topological polar surface area (TPSA) is 32.3 Å². The molecule has 1 unspecified atom stereocenters. The van der Waals surface area contributed by atoms with Crippen molar-refractivity contribution in [1.29, 1.82) is 0 Å². The van der Waals surface area contributed by atoms with Crippen LogP contribution in [0.2, 0.25) is 0 Å². The molecule has 1 atom stereocenters. The third-order valence-corrected chi connectivity index (χ3v) is 2.05. The number of aliphatic hydroxyl groups is 1. The summed E-state index contributed by atoms with van der Waals surface area (Å²) in [5.41, 5.74) is 0.274. The lowest BCUT2D eigenvalue weighted by Crippen LogP contribution is -2.27. The van der Waals surface area contributed by atoms with Crippen molar-refractivity contribution in [3.63, 3.8) is 0 Å². The molecule has 0 spiro atoms. The number of aliphatic hydroxyl groups excluding tert-OH is 1. The summed E-state index contributed by atoms with van der Waals surface area (Å²) in [6, 6.07) is 0. The SMILES string of the molecule is CC1(C)CNCCC(O)C1.